The topological polar surface area (TPSA) is 92.5 Å². The van der Waals surface area contributed by atoms with E-state index in [0.717, 1.165) is 0 Å². The van der Waals surface area contributed by atoms with E-state index in [1.807, 2.05) is 0 Å². The van der Waals surface area contributed by atoms with Gasteiger partial charge < -0.3 is 10.4 Å². The molecule has 0 aliphatic rings. The van der Waals surface area contributed by atoms with Gasteiger partial charge in [-0.15, -0.1) is 0 Å². The van der Waals surface area contributed by atoms with Gasteiger partial charge in [-0.2, -0.15) is 0 Å². The number of amides is 1. The molecule has 0 fully saturated rings. The Balaban J connectivity index is 2.73. The molecule has 0 saturated carbocycles. The van der Waals surface area contributed by atoms with E-state index in [-0.39, 0.29) is 17.8 Å². The molecule has 0 aliphatic carbocycles. The van der Waals surface area contributed by atoms with Gasteiger partial charge in [0.05, 0.1) is 10.5 Å². The van der Waals surface area contributed by atoms with Crippen LogP contribution in [0.1, 0.15) is 30.6 Å². The van der Waals surface area contributed by atoms with E-state index < -0.39 is 16.4 Å². The Kier molecular flexibility index (Phi) is 4.38. The number of nitrogens with one attached hydrogen (secondary N) is 1. The fourth-order valence-corrected chi connectivity index (χ4v) is 1.26. The van der Waals surface area contributed by atoms with Crippen LogP contribution in [0.15, 0.2) is 24.3 Å². The van der Waals surface area contributed by atoms with E-state index in [9.17, 15) is 20.0 Å². The molecule has 1 aromatic carbocycles. The number of carbonyl (C=O) groups is 1. The maximum Gasteiger partial charge on any atom is 0.270 e. The number of aliphatic hydroxyl groups is 1. The van der Waals surface area contributed by atoms with Gasteiger partial charge in [-0.25, -0.2) is 0 Å². The molecule has 1 aromatic rings. The molecule has 98 valence electrons. The van der Waals surface area contributed by atoms with Crippen molar-refractivity contribution in [3.63, 3.8) is 0 Å². The summed E-state index contributed by atoms with van der Waals surface area (Å²) < 4.78 is 0. The van der Waals surface area contributed by atoms with Crippen molar-refractivity contribution in [2.75, 3.05) is 6.54 Å². The molecular formula is C12H16N2O4. The van der Waals surface area contributed by atoms with E-state index in [2.05, 4.69) is 5.32 Å². The summed E-state index contributed by atoms with van der Waals surface area (Å²) >= 11 is 0. The second-order valence-corrected chi connectivity index (χ2v) is 4.34. The lowest BCUT2D eigenvalue weighted by Crippen LogP contribution is -2.40. The predicted octanol–water partition coefficient (Wildman–Crippen LogP) is 1.49. The fraction of sp³-hybridized carbons (Fsp3) is 0.417. The molecule has 1 rings (SSSR count). The number of nitro groups is 1. The number of nitrogens with zero attached hydrogens (tertiary/aromatic N) is 1. The van der Waals surface area contributed by atoms with Crippen LogP contribution in [0.4, 0.5) is 5.69 Å². The molecule has 1 amide bonds. The molecule has 0 spiro atoms. The van der Waals surface area contributed by atoms with Crippen LogP contribution in [-0.4, -0.2) is 28.1 Å². The molecule has 0 saturated heterocycles. The smallest absolute Gasteiger partial charge is 0.270 e. The first kappa shape index (κ1) is 14.1. The van der Waals surface area contributed by atoms with Crippen molar-refractivity contribution in [3.8, 4) is 0 Å². The van der Waals surface area contributed by atoms with Gasteiger partial charge in [-0.3, -0.25) is 14.9 Å². The van der Waals surface area contributed by atoms with Crippen molar-refractivity contribution in [3.05, 3.63) is 39.9 Å². The Bertz CT molecular complexity index is 457. The Labute approximate surface area is 105 Å². The zero-order chi connectivity index (χ0) is 13.8. The summed E-state index contributed by atoms with van der Waals surface area (Å²) in [6.07, 6.45) is 0.502. The molecular weight excluding hydrogens is 236 g/mol. The van der Waals surface area contributed by atoms with Crippen molar-refractivity contribution in [2.24, 2.45) is 0 Å². The predicted molar refractivity (Wildman–Crippen MR) is 66.3 cm³/mol. The van der Waals surface area contributed by atoms with Crippen molar-refractivity contribution in [1.82, 2.24) is 5.32 Å². The number of hydrogen-bond donors (Lipinski definition) is 2. The Morgan fingerprint density at radius 3 is 2.78 bits per heavy atom. The minimum Gasteiger partial charge on any atom is -0.388 e. The van der Waals surface area contributed by atoms with Crippen molar-refractivity contribution in [1.29, 1.82) is 0 Å². The zero-order valence-corrected chi connectivity index (χ0v) is 10.3. The molecule has 6 heteroatoms. The highest BCUT2D eigenvalue weighted by atomic mass is 16.6. The first-order valence-corrected chi connectivity index (χ1v) is 5.61. The molecule has 0 radical (unpaired) electrons. The zero-order valence-electron chi connectivity index (χ0n) is 10.3. The largest absolute Gasteiger partial charge is 0.388 e. The highest BCUT2D eigenvalue weighted by Gasteiger charge is 2.19. The Morgan fingerprint density at radius 2 is 2.22 bits per heavy atom. The number of non-ortho nitro benzene ring substituents is 1. The summed E-state index contributed by atoms with van der Waals surface area (Å²) in [7, 11) is 0. The Morgan fingerprint density at radius 1 is 1.56 bits per heavy atom. The lowest BCUT2D eigenvalue weighted by Gasteiger charge is -2.21. The number of carbonyl (C=O) groups excluding carboxylic acids is 1. The molecule has 1 unspecified atom stereocenters. The molecule has 1 atom stereocenters. The molecule has 18 heavy (non-hydrogen) atoms. The number of benzene rings is 1. The SMILES string of the molecule is CCC(C)(O)CNC(=O)c1cccc([N+](=O)[O-])c1. The van der Waals surface area contributed by atoms with Crippen LogP contribution in [0.25, 0.3) is 0 Å². The van der Waals surface area contributed by atoms with Crippen molar-refractivity contribution >= 4 is 11.6 Å². The Hall–Kier alpha value is -1.95. The van der Waals surface area contributed by atoms with Crippen LogP contribution >= 0.6 is 0 Å². The van der Waals surface area contributed by atoms with Gasteiger partial charge >= 0.3 is 0 Å². The summed E-state index contributed by atoms with van der Waals surface area (Å²) in [5.74, 6) is -0.438. The fourth-order valence-electron chi connectivity index (χ4n) is 1.26. The molecule has 2 N–H and O–H groups in total. The van der Waals surface area contributed by atoms with Gasteiger partial charge in [0.2, 0.25) is 0 Å². The highest BCUT2D eigenvalue weighted by molar-refractivity contribution is 5.94. The number of rotatable bonds is 5. The summed E-state index contributed by atoms with van der Waals surface area (Å²) in [5, 5.41) is 22.9. The van der Waals surface area contributed by atoms with E-state index >= 15 is 0 Å². The summed E-state index contributed by atoms with van der Waals surface area (Å²) in [6, 6.07) is 5.46. The number of nitro benzene ring substituents is 1. The molecule has 0 aromatic heterocycles. The van der Waals surface area contributed by atoms with Crippen molar-refractivity contribution < 1.29 is 14.8 Å². The van der Waals surface area contributed by atoms with E-state index in [4.69, 9.17) is 0 Å². The molecule has 0 aliphatic heterocycles. The molecule has 0 heterocycles. The third-order valence-corrected chi connectivity index (χ3v) is 2.71. The third-order valence-electron chi connectivity index (χ3n) is 2.71. The summed E-state index contributed by atoms with van der Waals surface area (Å²) in [6.45, 7) is 3.52. The first-order valence-electron chi connectivity index (χ1n) is 5.61. The van der Waals surface area contributed by atoms with Crippen LogP contribution in [0.5, 0.6) is 0 Å². The minimum absolute atomic E-state index is 0.102. The van der Waals surface area contributed by atoms with E-state index in [0.29, 0.717) is 6.42 Å². The van der Waals surface area contributed by atoms with Crippen LogP contribution in [-0.2, 0) is 0 Å². The first-order chi connectivity index (χ1) is 8.35. The van der Waals surface area contributed by atoms with Crippen LogP contribution < -0.4 is 5.32 Å². The maximum absolute atomic E-state index is 11.7. The van der Waals surface area contributed by atoms with Gasteiger partial charge in [-0.1, -0.05) is 13.0 Å². The maximum atomic E-state index is 11.7. The monoisotopic (exact) mass is 252 g/mol. The van der Waals surface area contributed by atoms with E-state index in [1.54, 1.807) is 13.8 Å². The lowest BCUT2D eigenvalue weighted by molar-refractivity contribution is -0.384. The summed E-state index contributed by atoms with van der Waals surface area (Å²) in [5.41, 5.74) is -0.905. The normalized spacial score (nSPS) is 13.7. The number of hydrogen-bond acceptors (Lipinski definition) is 4. The standard InChI is InChI=1S/C12H16N2O4/c1-3-12(2,16)8-13-11(15)9-5-4-6-10(7-9)14(17)18/h4-7,16H,3,8H2,1-2H3,(H,13,15). The molecule has 6 nitrogen and oxygen atoms in total. The lowest BCUT2D eigenvalue weighted by atomic mass is 10.0. The van der Waals surface area contributed by atoms with Crippen LogP contribution in [0, 0.1) is 10.1 Å². The second-order valence-electron chi connectivity index (χ2n) is 4.34. The van der Waals surface area contributed by atoms with E-state index in [1.165, 1.54) is 24.3 Å². The second kappa shape index (κ2) is 5.59. The van der Waals surface area contributed by atoms with Gasteiger partial charge in [0.25, 0.3) is 11.6 Å². The quantitative estimate of drug-likeness (QED) is 0.613. The third kappa shape index (κ3) is 3.81. The van der Waals surface area contributed by atoms with Crippen LogP contribution in [0.2, 0.25) is 0 Å². The van der Waals surface area contributed by atoms with Gasteiger partial charge in [0.15, 0.2) is 0 Å². The van der Waals surface area contributed by atoms with Crippen LogP contribution in [0.3, 0.4) is 0 Å². The summed E-state index contributed by atoms with van der Waals surface area (Å²) in [4.78, 5) is 21.8. The van der Waals surface area contributed by atoms with Crippen molar-refractivity contribution in [2.45, 2.75) is 25.9 Å². The average molecular weight is 252 g/mol. The highest BCUT2D eigenvalue weighted by Crippen LogP contribution is 2.13. The van der Waals surface area contributed by atoms with Gasteiger partial charge in [0, 0.05) is 24.2 Å². The van der Waals surface area contributed by atoms with Gasteiger partial charge in [-0.05, 0) is 19.4 Å². The minimum atomic E-state index is -0.976. The average Bonchev–Trinajstić information content (AvgIpc) is 2.36. The van der Waals surface area contributed by atoms with Gasteiger partial charge in [0.1, 0.15) is 0 Å². The molecule has 0 bridgehead atoms.